The molecule has 0 aromatic heterocycles. The highest BCUT2D eigenvalue weighted by Gasteiger charge is 2.52. The second kappa shape index (κ2) is 7.01. The number of rotatable bonds is 5. The average Bonchev–Trinajstić information content (AvgIpc) is 2.93. The molecule has 27 heavy (non-hydrogen) atoms. The van der Waals surface area contributed by atoms with Gasteiger partial charge in [0.2, 0.25) is 0 Å². The van der Waals surface area contributed by atoms with Gasteiger partial charge in [-0.05, 0) is 23.6 Å². The van der Waals surface area contributed by atoms with E-state index in [4.69, 9.17) is 0 Å². The van der Waals surface area contributed by atoms with Gasteiger partial charge in [-0.3, -0.25) is 4.79 Å². The minimum Gasteiger partial charge on any atom is -0.375 e. The predicted molar refractivity (Wildman–Crippen MR) is 107 cm³/mol. The summed E-state index contributed by atoms with van der Waals surface area (Å²) in [6.07, 6.45) is 0.636. The van der Waals surface area contributed by atoms with Crippen LogP contribution in [-0.2, 0) is 23.4 Å². The maximum Gasteiger partial charge on any atom is 0.264 e. The average molecular weight is 357 g/mol. The van der Waals surface area contributed by atoms with E-state index in [1.165, 1.54) is 0 Å². The molecule has 1 N–H and O–H groups in total. The molecule has 2 atom stereocenters. The number of amides is 1. The standard InChI is InChI=1S/C24H23NO2/c1-18(16-19-10-4-2-5-11-19)24(27)21-14-8-9-15-22(21)25(23(24)26)17-20-12-6-3-7-13-20/h2-15,18,27H,16-17H2,1H3/t18-,24+/m0/s1. The number of carbonyl (C=O) groups is 1. The molecule has 0 saturated heterocycles. The first-order chi connectivity index (χ1) is 13.1. The molecule has 0 spiro atoms. The molecule has 0 unspecified atom stereocenters. The Labute approximate surface area is 159 Å². The number of fused-ring (bicyclic) bond motifs is 1. The molecule has 1 amide bonds. The molecular formula is C24H23NO2. The highest BCUT2D eigenvalue weighted by Crippen LogP contribution is 2.46. The lowest BCUT2D eigenvalue weighted by Gasteiger charge is -2.29. The summed E-state index contributed by atoms with van der Waals surface area (Å²) >= 11 is 0. The van der Waals surface area contributed by atoms with Gasteiger partial charge in [0.15, 0.2) is 5.60 Å². The van der Waals surface area contributed by atoms with Gasteiger partial charge in [-0.2, -0.15) is 0 Å². The van der Waals surface area contributed by atoms with Crippen LogP contribution in [0.4, 0.5) is 5.69 Å². The number of carbonyl (C=O) groups excluding carboxylic acids is 1. The van der Waals surface area contributed by atoms with Gasteiger partial charge in [-0.1, -0.05) is 85.8 Å². The van der Waals surface area contributed by atoms with Crippen molar-refractivity contribution >= 4 is 11.6 Å². The third kappa shape index (κ3) is 3.04. The number of nitrogens with zero attached hydrogens (tertiary/aromatic N) is 1. The fourth-order valence-electron chi connectivity index (χ4n) is 3.98. The fraction of sp³-hybridized carbons (Fsp3) is 0.208. The quantitative estimate of drug-likeness (QED) is 0.740. The normalized spacial score (nSPS) is 19.8. The first kappa shape index (κ1) is 17.5. The van der Waals surface area contributed by atoms with Crippen LogP contribution in [0.15, 0.2) is 84.9 Å². The van der Waals surface area contributed by atoms with Gasteiger partial charge < -0.3 is 10.0 Å². The van der Waals surface area contributed by atoms with E-state index in [-0.39, 0.29) is 11.8 Å². The number of para-hydroxylation sites is 1. The van der Waals surface area contributed by atoms with Crippen LogP contribution in [0.5, 0.6) is 0 Å². The summed E-state index contributed by atoms with van der Waals surface area (Å²) in [6, 6.07) is 27.5. The lowest BCUT2D eigenvalue weighted by Crippen LogP contribution is -2.45. The summed E-state index contributed by atoms with van der Waals surface area (Å²) in [5, 5.41) is 11.6. The summed E-state index contributed by atoms with van der Waals surface area (Å²) in [5.74, 6) is -0.481. The molecule has 3 nitrogen and oxygen atoms in total. The van der Waals surface area contributed by atoms with Crippen molar-refractivity contribution in [3.8, 4) is 0 Å². The highest BCUT2D eigenvalue weighted by atomic mass is 16.3. The first-order valence-electron chi connectivity index (χ1n) is 9.32. The molecule has 3 heteroatoms. The van der Waals surface area contributed by atoms with Crippen LogP contribution >= 0.6 is 0 Å². The van der Waals surface area contributed by atoms with Crippen molar-refractivity contribution in [2.24, 2.45) is 5.92 Å². The molecule has 3 aromatic carbocycles. The lowest BCUT2D eigenvalue weighted by molar-refractivity contribution is -0.141. The molecule has 1 heterocycles. The summed E-state index contributed by atoms with van der Waals surface area (Å²) < 4.78 is 0. The minimum absolute atomic E-state index is 0.240. The summed E-state index contributed by atoms with van der Waals surface area (Å²) in [7, 11) is 0. The Morgan fingerprint density at radius 2 is 1.41 bits per heavy atom. The van der Waals surface area contributed by atoms with E-state index >= 15 is 0 Å². The van der Waals surface area contributed by atoms with Crippen molar-refractivity contribution in [3.05, 3.63) is 102 Å². The summed E-state index contributed by atoms with van der Waals surface area (Å²) in [6.45, 7) is 2.41. The van der Waals surface area contributed by atoms with Crippen LogP contribution in [0, 0.1) is 5.92 Å². The number of hydrogen-bond donors (Lipinski definition) is 1. The minimum atomic E-state index is -1.51. The molecule has 0 aliphatic carbocycles. The number of benzene rings is 3. The first-order valence-corrected chi connectivity index (χ1v) is 9.32. The zero-order valence-corrected chi connectivity index (χ0v) is 15.4. The largest absolute Gasteiger partial charge is 0.375 e. The number of hydrogen-bond acceptors (Lipinski definition) is 2. The predicted octanol–water partition coefficient (Wildman–Crippen LogP) is 4.30. The van der Waals surface area contributed by atoms with Crippen molar-refractivity contribution in [2.75, 3.05) is 4.90 Å². The SMILES string of the molecule is C[C@@H](Cc1ccccc1)[C@]1(O)C(=O)N(Cc2ccccc2)c2ccccc21. The number of aliphatic hydroxyl groups is 1. The molecule has 136 valence electrons. The second-order valence-electron chi connectivity index (χ2n) is 7.25. The van der Waals surface area contributed by atoms with Gasteiger partial charge in [0.25, 0.3) is 5.91 Å². The van der Waals surface area contributed by atoms with Crippen LogP contribution in [0.25, 0.3) is 0 Å². The maximum absolute atomic E-state index is 13.4. The van der Waals surface area contributed by atoms with Gasteiger partial charge in [0.05, 0.1) is 12.2 Å². The van der Waals surface area contributed by atoms with Crippen LogP contribution < -0.4 is 4.90 Å². The molecule has 0 bridgehead atoms. The Hall–Kier alpha value is -2.91. The van der Waals surface area contributed by atoms with Crippen molar-refractivity contribution in [1.82, 2.24) is 0 Å². The summed E-state index contributed by atoms with van der Waals surface area (Å²) in [5.41, 5.74) is 2.15. The Balaban J connectivity index is 1.69. The Morgan fingerprint density at radius 3 is 2.07 bits per heavy atom. The van der Waals surface area contributed by atoms with Crippen LogP contribution in [0.1, 0.15) is 23.6 Å². The van der Waals surface area contributed by atoms with Gasteiger partial charge in [-0.25, -0.2) is 0 Å². The van der Waals surface area contributed by atoms with Crippen molar-refractivity contribution in [2.45, 2.75) is 25.5 Å². The van der Waals surface area contributed by atoms with E-state index in [1.54, 1.807) is 4.90 Å². The van der Waals surface area contributed by atoms with E-state index in [9.17, 15) is 9.90 Å². The molecule has 1 aliphatic rings. The Bertz CT molecular complexity index is 939. The third-order valence-electron chi connectivity index (χ3n) is 5.46. The number of anilines is 1. The van der Waals surface area contributed by atoms with Crippen molar-refractivity contribution < 1.29 is 9.90 Å². The van der Waals surface area contributed by atoms with Crippen LogP contribution in [0.2, 0.25) is 0 Å². The molecule has 1 aliphatic heterocycles. The van der Waals surface area contributed by atoms with Crippen LogP contribution in [0.3, 0.4) is 0 Å². The molecule has 0 fully saturated rings. The fourth-order valence-corrected chi connectivity index (χ4v) is 3.98. The molecule has 4 rings (SSSR count). The zero-order valence-electron chi connectivity index (χ0n) is 15.4. The molecule has 3 aromatic rings. The van der Waals surface area contributed by atoms with E-state index in [1.807, 2.05) is 91.9 Å². The Morgan fingerprint density at radius 1 is 0.852 bits per heavy atom. The summed E-state index contributed by atoms with van der Waals surface area (Å²) in [4.78, 5) is 15.1. The third-order valence-corrected chi connectivity index (χ3v) is 5.46. The lowest BCUT2D eigenvalue weighted by atomic mass is 9.80. The molecule has 0 saturated carbocycles. The van der Waals surface area contributed by atoms with Gasteiger partial charge in [-0.15, -0.1) is 0 Å². The van der Waals surface area contributed by atoms with Gasteiger partial charge >= 0.3 is 0 Å². The second-order valence-corrected chi connectivity index (χ2v) is 7.25. The van der Waals surface area contributed by atoms with E-state index in [2.05, 4.69) is 0 Å². The van der Waals surface area contributed by atoms with Crippen molar-refractivity contribution in [3.63, 3.8) is 0 Å². The molecular weight excluding hydrogens is 334 g/mol. The smallest absolute Gasteiger partial charge is 0.264 e. The van der Waals surface area contributed by atoms with Gasteiger partial charge in [0.1, 0.15) is 0 Å². The van der Waals surface area contributed by atoms with E-state index in [0.29, 0.717) is 18.5 Å². The zero-order chi connectivity index (χ0) is 18.9. The van der Waals surface area contributed by atoms with Crippen molar-refractivity contribution in [1.29, 1.82) is 0 Å². The molecule has 0 radical (unpaired) electrons. The van der Waals surface area contributed by atoms with E-state index in [0.717, 1.165) is 16.8 Å². The van der Waals surface area contributed by atoms with Gasteiger partial charge in [0, 0.05) is 11.5 Å². The Kier molecular flexibility index (Phi) is 4.54. The van der Waals surface area contributed by atoms with E-state index < -0.39 is 5.60 Å². The highest BCUT2D eigenvalue weighted by molar-refractivity contribution is 6.07. The monoisotopic (exact) mass is 357 g/mol. The topological polar surface area (TPSA) is 40.5 Å². The maximum atomic E-state index is 13.4. The van der Waals surface area contributed by atoms with Crippen LogP contribution in [-0.4, -0.2) is 11.0 Å².